The first-order valence-corrected chi connectivity index (χ1v) is 6.69. The van der Waals surface area contributed by atoms with Crippen LogP contribution in [0.3, 0.4) is 0 Å². The normalized spacial score (nSPS) is 11.6. The number of aliphatic imine (C=N–C) groups is 1. The van der Waals surface area contributed by atoms with Crippen molar-refractivity contribution in [3.8, 4) is 0 Å². The minimum Gasteiger partial charge on any atom is -0.356 e. The number of fused-ring (bicyclic) bond motifs is 1. The fourth-order valence-corrected chi connectivity index (χ4v) is 1.90. The van der Waals surface area contributed by atoms with Gasteiger partial charge in [-0.1, -0.05) is 12.1 Å². The van der Waals surface area contributed by atoms with Crippen molar-refractivity contribution in [1.82, 2.24) is 25.2 Å². The van der Waals surface area contributed by atoms with Crippen LogP contribution in [0.25, 0.3) is 5.65 Å². The zero-order chi connectivity index (χ0) is 14.2. The largest absolute Gasteiger partial charge is 0.356 e. The summed E-state index contributed by atoms with van der Waals surface area (Å²) in [5.41, 5.74) is 0.888. The van der Waals surface area contributed by atoms with Gasteiger partial charge in [-0.3, -0.25) is 9.39 Å². The zero-order valence-electron chi connectivity index (χ0n) is 11.7. The van der Waals surface area contributed by atoms with Gasteiger partial charge in [0.1, 0.15) is 5.82 Å². The van der Waals surface area contributed by atoms with E-state index in [2.05, 4.69) is 32.4 Å². The average Bonchev–Trinajstić information content (AvgIpc) is 2.90. The standard InChI is InChI=1S/C14H20N6/c1-3-9-16-14(15-2)17-10-6-8-13-19-18-12-7-4-5-11-20(12)13/h3-5,7,11H,1,6,8-10H2,2H3,(H2,15,16,17). The van der Waals surface area contributed by atoms with Crippen molar-refractivity contribution in [2.75, 3.05) is 20.1 Å². The molecule has 0 saturated heterocycles. The summed E-state index contributed by atoms with van der Waals surface area (Å²) in [6.45, 7) is 5.20. The van der Waals surface area contributed by atoms with Crippen LogP contribution < -0.4 is 10.6 Å². The van der Waals surface area contributed by atoms with Gasteiger partial charge in [0, 0.05) is 32.8 Å². The molecule has 0 aliphatic rings. The molecule has 0 aromatic carbocycles. The topological polar surface area (TPSA) is 66.6 Å². The van der Waals surface area contributed by atoms with Crippen molar-refractivity contribution in [3.05, 3.63) is 42.9 Å². The minimum absolute atomic E-state index is 0.703. The Labute approximate surface area is 118 Å². The SMILES string of the molecule is C=CCNC(=NC)NCCCc1nnc2ccccn12. The first-order chi connectivity index (χ1) is 9.85. The van der Waals surface area contributed by atoms with Crippen molar-refractivity contribution in [2.45, 2.75) is 12.8 Å². The van der Waals surface area contributed by atoms with E-state index in [0.717, 1.165) is 36.8 Å². The summed E-state index contributed by atoms with van der Waals surface area (Å²) < 4.78 is 2.02. The molecule has 2 aromatic heterocycles. The lowest BCUT2D eigenvalue weighted by molar-refractivity contribution is 0.720. The summed E-state index contributed by atoms with van der Waals surface area (Å²) in [6.07, 6.45) is 5.62. The van der Waals surface area contributed by atoms with E-state index in [-0.39, 0.29) is 0 Å². The molecule has 0 radical (unpaired) electrons. The molecule has 106 valence electrons. The van der Waals surface area contributed by atoms with Gasteiger partial charge in [0.25, 0.3) is 0 Å². The smallest absolute Gasteiger partial charge is 0.191 e. The van der Waals surface area contributed by atoms with Gasteiger partial charge in [0.05, 0.1) is 0 Å². The monoisotopic (exact) mass is 272 g/mol. The maximum absolute atomic E-state index is 4.21. The summed E-state index contributed by atoms with van der Waals surface area (Å²) in [5.74, 6) is 1.77. The highest BCUT2D eigenvalue weighted by molar-refractivity contribution is 5.79. The van der Waals surface area contributed by atoms with Crippen LogP contribution in [-0.2, 0) is 6.42 Å². The van der Waals surface area contributed by atoms with Gasteiger partial charge in [0.2, 0.25) is 0 Å². The molecule has 0 unspecified atom stereocenters. The highest BCUT2D eigenvalue weighted by atomic mass is 15.2. The molecule has 0 atom stereocenters. The van der Waals surface area contributed by atoms with Crippen molar-refractivity contribution in [1.29, 1.82) is 0 Å². The van der Waals surface area contributed by atoms with Crippen LogP contribution in [-0.4, -0.2) is 40.7 Å². The minimum atomic E-state index is 0.703. The molecular weight excluding hydrogens is 252 g/mol. The van der Waals surface area contributed by atoms with E-state index in [0.29, 0.717) is 6.54 Å². The van der Waals surface area contributed by atoms with Gasteiger partial charge in [0.15, 0.2) is 11.6 Å². The number of pyridine rings is 1. The molecule has 0 aliphatic carbocycles. The van der Waals surface area contributed by atoms with E-state index in [9.17, 15) is 0 Å². The Morgan fingerprint density at radius 1 is 1.40 bits per heavy atom. The average molecular weight is 272 g/mol. The highest BCUT2D eigenvalue weighted by Crippen LogP contribution is 2.04. The molecule has 0 fully saturated rings. The molecule has 0 amide bonds. The molecule has 2 aromatic rings. The Bertz CT molecular complexity index is 586. The molecule has 0 aliphatic heterocycles. The molecule has 6 nitrogen and oxygen atoms in total. The van der Waals surface area contributed by atoms with E-state index in [1.54, 1.807) is 13.1 Å². The zero-order valence-corrected chi connectivity index (χ0v) is 11.7. The van der Waals surface area contributed by atoms with Crippen LogP contribution >= 0.6 is 0 Å². The number of hydrogen-bond donors (Lipinski definition) is 2. The van der Waals surface area contributed by atoms with Crippen LogP contribution in [0.1, 0.15) is 12.2 Å². The molecule has 2 N–H and O–H groups in total. The van der Waals surface area contributed by atoms with Crippen LogP contribution in [0.2, 0.25) is 0 Å². The summed E-state index contributed by atoms with van der Waals surface area (Å²) in [6, 6.07) is 5.90. The first-order valence-electron chi connectivity index (χ1n) is 6.69. The van der Waals surface area contributed by atoms with Gasteiger partial charge in [-0.05, 0) is 18.6 Å². The Kier molecular flexibility index (Phi) is 5.11. The Morgan fingerprint density at radius 2 is 2.30 bits per heavy atom. The third-order valence-corrected chi connectivity index (χ3v) is 2.89. The fourth-order valence-electron chi connectivity index (χ4n) is 1.90. The van der Waals surface area contributed by atoms with Crippen molar-refractivity contribution in [3.63, 3.8) is 0 Å². The summed E-state index contributed by atoms with van der Waals surface area (Å²) in [4.78, 5) is 4.12. The molecule has 2 rings (SSSR count). The lowest BCUT2D eigenvalue weighted by atomic mass is 10.3. The number of rotatable bonds is 6. The molecular formula is C14H20N6. The van der Waals surface area contributed by atoms with Crippen LogP contribution in [0, 0.1) is 0 Å². The van der Waals surface area contributed by atoms with Gasteiger partial charge in [-0.15, -0.1) is 16.8 Å². The third-order valence-electron chi connectivity index (χ3n) is 2.89. The molecule has 0 spiro atoms. The third kappa shape index (κ3) is 3.57. The maximum Gasteiger partial charge on any atom is 0.191 e. The summed E-state index contributed by atoms with van der Waals surface area (Å²) in [5, 5.41) is 14.7. The van der Waals surface area contributed by atoms with Crippen LogP contribution in [0.15, 0.2) is 42.0 Å². The van der Waals surface area contributed by atoms with E-state index >= 15 is 0 Å². The maximum atomic E-state index is 4.21. The van der Waals surface area contributed by atoms with E-state index in [4.69, 9.17) is 0 Å². The van der Waals surface area contributed by atoms with Crippen LogP contribution in [0.5, 0.6) is 0 Å². The van der Waals surface area contributed by atoms with E-state index in [1.165, 1.54) is 0 Å². The van der Waals surface area contributed by atoms with Crippen molar-refractivity contribution < 1.29 is 0 Å². The Hall–Kier alpha value is -2.37. The molecule has 2 heterocycles. The Balaban J connectivity index is 1.80. The predicted molar refractivity (Wildman–Crippen MR) is 80.9 cm³/mol. The second-order valence-corrected chi connectivity index (χ2v) is 4.32. The highest BCUT2D eigenvalue weighted by Gasteiger charge is 2.04. The number of guanidine groups is 1. The van der Waals surface area contributed by atoms with Crippen LogP contribution in [0.4, 0.5) is 0 Å². The quantitative estimate of drug-likeness (QED) is 0.356. The lowest BCUT2D eigenvalue weighted by Crippen LogP contribution is -2.37. The number of hydrogen-bond acceptors (Lipinski definition) is 3. The second-order valence-electron chi connectivity index (χ2n) is 4.32. The molecule has 20 heavy (non-hydrogen) atoms. The summed E-state index contributed by atoms with van der Waals surface area (Å²) >= 11 is 0. The molecule has 0 saturated carbocycles. The predicted octanol–water partition coefficient (Wildman–Crippen LogP) is 1.01. The van der Waals surface area contributed by atoms with Gasteiger partial charge < -0.3 is 10.6 Å². The van der Waals surface area contributed by atoms with Crippen molar-refractivity contribution in [2.24, 2.45) is 4.99 Å². The van der Waals surface area contributed by atoms with Crippen molar-refractivity contribution >= 4 is 11.6 Å². The van der Waals surface area contributed by atoms with E-state index in [1.807, 2.05) is 28.8 Å². The van der Waals surface area contributed by atoms with Gasteiger partial charge in [-0.2, -0.15) is 0 Å². The van der Waals surface area contributed by atoms with E-state index < -0.39 is 0 Å². The fraction of sp³-hybridized carbons (Fsp3) is 0.357. The number of nitrogens with zero attached hydrogens (tertiary/aromatic N) is 4. The number of nitrogens with one attached hydrogen (secondary N) is 2. The number of aromatic nitrogens is 3. The summed E-state index contributed by atoms with van der Waals surface area (Å²) in [7, 11) is 1.75. The van der Waals surface area contributed by atoms with Gasteiger partial charge >= 0.3 is 0 Å². The number of aryl methyl sites for hydroxylation is 1. The second kappa shape index (κ2) is 7.28. The first kappa shape index (κ1) is 14.0. The Morgan fingerprint density at radius 3 is 3.10 bits per heavy atom. The lowest BCUT2D eigenvalue weighted by Gasteiger charge is -2.09. The molecule has 6 heteroatoms. The van der Waals surface area contributed by atoms with Gasteiger partial charge in [-0.25, -0.2) is 0 Å². The molecule has 0 bridgehead atoms.